The van der Waals surface area contributed by atoms with Crippen molar-refractivity contribution in [2.45, 2.75) is 12.5 Å². The van der Waals surface area contributed by atoms with Crippen molar-refractivity contribution < 1.29 is 14.6 Å². The Morgan fingerprint density at radius 2 is 2.54 bits per heavy atom. The number of nitriles is 1. The second-order valence-electron chi connectivity index (χ2n) is 2.91. The number of ether oxygens (including phenoxy) is 1. The molecule has 0 saturated carbocycles. The minimum Gasteiger partial charge on any atom is -0.479 e. The first kappa shape index (κ1) is 9.96. The molecule has 1 heterocycles. The van der Waals surface area contributed by atoms with E-state index in [0.29, 0.717) is 32.7 Å². The maximum Gasteiger partial charge on any atom is 0.334 e. The van der Waals surface area contributed by atoms with Crippen molar-refractivity contribution in [3.63, 3.8) is 0 Å². The largest absolute Gasteiger partial charge is 0.479 e. The molecule has 0 spiro atoms. The molecule has 0 radical (unpaired) electrons. The van der Waals surface area contributed by atoms with Gasteiger partial charge in [-0.05, 0) is 0 Å². The van der Waals surface area contributed by atoms with Crippen LogP contribution in [0, 0.1) is 11.3 Å². The van der Waals surface area contributed by atoms with Gasteiger partial charge in [-0.1, -0.05) is 0 Å². The van der Waals surface area contributed by atoms with E-state index in [1.807, 2.05) is 11.0 Å². The second kappa shape index (κ2) is 4.80. The fourth-order valence-corrected chi connectivity index (χ4v) is 1.26. The Bertz CT molecular complexity index is 224. The lowest BCUT2D eigenvalue weighted by molar-refractivity contribution is -0.155. The molecule has 1 unspecified atom stereocenters. The minimum absolute atomic E-state index is 0.386. The van der Waals surface area contributed by atoms with Gasteiger partial charge < -0.3 is 9.84 Å². The summed E-state index contributed by atoms with van der Waals surface area (Å²) in [5, 5.41) is 17.0. The highest BCUT2D eigenvalue weighted by molar-refractivity contribution is 5.72. The molecule has 1 fully saturated rings. The first-order valence-corrected chi connectivity index (χ1v) is 4.17. The predicted octanol–water partition coefficient (Wildman–Crippen LogP) is -0.315. The van der Waals surface area contributed by atoms with Gasteiger partial charge in [0.15, 0.2) is 6.10 Å². The van der Waals surface area contributed by atoms with E-state index in [4.69, 9.17) is 15.1 Å². The standard InChI is InChI=1S/C8H12N2O3/c9-2-1-3-10-4-5-13-7(6-10)8(11)12/h7H,1,3-6H2,(H,11,12). The first-order valence-electron chi connectivity index (χ1n) is 4.17. The third kappa shape index (κ3) is 3.01. The quantitative estimate of drug-likeness (QED) is 0.651. The summed E-state index contributed by atoms with van der Waals surface area (Å²) >= 11 is 0. The van der Waals surface area contributed by atoms with E-state index in [9.17, 15) is 4.79 Å². The van der Waals surface area contributed by atoms with Gasteiger partial charge in [0.05, 0.1) is 12.7 Å². The van der Waals surface area contributed by atoms with Crippen molar-refractivity contribution in [1.29, 1.82) is 5.26 Å². The van der Waals surface area contributed by atoms with Gasteiger partial charge in [-0.2, -0.15) is 5.26 Å². The molecular weight excluding hydrogens is 172 g/mol. The number of hydrogen-bond acceptors (Lipinski definition) is 4. The molecule has 0 aromatic carbocycles. The number of carbonyl (C=O) groups is 1. The van der Waals surface area contributed by atoms with Crippen LogP contribution < -0.4 is 0 Å². The van der Waals surface area contributed by atoms with Gasteiger partial charge in [0.25, 0.3) is 0 Å². The van der Waals surface area contributed by atoms with Gasteiger partial charge in [0, 0.05) is 26.1 Å². The van der Waals surface area contributed by atoms with Crippen LogP contribution in [-0.2, 0) is 9.53 Å². The van der Waals surface area contributed by atoms with Crippen LogP contribution in [0.15, 0.2) is 0 Å². The summed E-state index contributed by atoms with van der Waals surface area (Å²) in [5.74, 6) is -0.929. The van der Waals surface area contributed by atoms with Crippen molar-refractivity contribution in [2.24, 2.45) is 0 Å². The summed E-state index contributed by atoms with van der Waals surface area (Å²) in [4.78, 5) is 12.5. The molecule has 5 nitrogen and oxygen atoms in total. The van der Waals surface area contributed by atoms with Crippen LogP contribution in [0.1, 0.15) is 6.42 Å². The molecule has 1 aliphatic heterocycles. The summed E-state index contributed by atoms with van der Waals surface area (Å²) in [6.45, 7) is 2.16. The molecule has 0 aromatic rings. The van der Waals surface area contributed by atoms with E-state index >= 15 is 0 Å². The van der Waals surface area contributed by atoms with Gasteiger partial charge in [-0.15, -0.1) is 0 Å². The number of nitrogens with zero attached hydrogens (tertiary/aromatic N) is 2. The number of carboxylic acids is 1. The van der Waals surface area contributed by atoms with Crippen LogP contribution in [0.25, 0.3) is 0 Å². The Morgan fingerprint density at radius 1 is 1.77 bits per heavy atom. The molecule has 0 aliphatic carbocycles. The maximum absolute atomic E-state index is 10.6. The van der Waals surface area contributed by atoms with Crippen LogP contribution >= 0.6 is 0 Å². The summed E-state index contributed by atoms with van der Waals surface area (Å²) in [6, 6.07) is 2.03. The highest BCUT2D eigenvalue weighted by atomic mass is 16.5. The van der Waals surface area contributed by atoms with Crippen molar-refractivity contribution in [3.8, 4) is 6.07 Å². The number of morpholine rings is 1. The predicted molar refractivity (Wildman–Crippen MR) is 44.0 cm³/mol. The van der Waals surface area contributed by atoms with E-state index in [1.54, 1.807) is 0 Å². The van der Waals surface area contributed by atoms with Gasteiger partial charge in [-0.25, -0.2) is 4.79 Å². The number of rotatable bonds is 3. The molecule has 1 saturated heterocycles. The summed E-state index contributed by atoms with van der Waals surface area (Å²) < 4.78 is 5.03. The zero-order valence-electron chi connectivity index (χ0n) is 7.27. The third-order valence-corrected chi connectivity index (χ3v) is 1.97. The van der Waals surface area contributed by atoms with Crippen molar-refractivity contribution in [2.75, 3.05) is 26.2 Å². The topological polar surface area (TPSA) is 73.6 Å². The highest BCUT2D eigenvalue weighted by Gasteiger charge is 2.25. The molecule has 72 valence electrons. The zero-order valence-corrected chi connectivity index (χ0v) is 7.27. The van der Waals surface area contributed by atoms with Crippen LogP contribution in [-0.4, -0.2) is 48.3 Å². The smallest absolute Gasteiger partial charge is 0.334 e. The maximum atomic E-state index is 10.6. The molecule has 0 amide bonds. The Balaban J connectivity index is 2.34. The fourth-order valence-electron chi connectivity index (χ4n) is 1.26. The molecule has 1 rings (SSSR count). The number of hydrogen-bond donors (Lipinski definition) is 1. The Hall–Kier alpha value is -1.12. The molecule has 0 aromatic heterocycles. The Kier molecular flexibility index (Phi) is 3.68. The van der Waals surface area contributed by atoms with E-state index in [-0.39, 0.29) is 0 Å². The molecular formula is C8H12N2O3. The van der Waals surface area contributed by atoms with Crippen LogP contribution in [0.4, 0.5) is 0 Å². The normalized spacial score (nSPS) is 23.8. The van der Waals surface area contributed by atoms with E-state index < -0.39 is 12.1 Å². The van der Waals surface area contributed by atoms with Crippen LogP contribution in [0.2, 0.25) is 0 Å². The Labute approximate surface area is 76.5 Å². The van der Waals surface area contributed by atoms with Gasteiger partial charge in [0.2, 0.25) is 0 Å². The van der Waals surface area contributed by atoms with Gasteiger partial charge in [-0.3, -0.25) is 4.90 Å². The van der Waals surface area contributed by atoms with Crippen LogP contribution in [0.3, 0.4) is 0 Å². The lowest BCUT2D eigenvalue weighted by Gasteiger charge is -2.29. The number of carboxylic acid groups (broad SMARTS) is 1. The molecule has 1 aliphatic rings. The van der Waals surface area contributed by atoms with E-state index in [2.05, 4.69) is 0 Å². The molecule has 1 N–H and O–H groups in total. The second-order valence-corrected chi connectivity index (χ2v) is 2.91. The lowest BCUT2D eigenvalue weighted by Crippen LogP contribution is -2.46. The van der Waals surface area contributed by atoms with Crippen molar-refractivity contribution in [1.82, 2.24) is 4.90 Å². The molecule has 0 bridgehead atoms. The lowest BCUT2D eigenvalue weighted by atomic mass is 10.2. The van der Waals surface area contributed by atoms with Gasteiger partial charge >= 0.3 is 5.97 Å². The zero-order chi connectivity index (χ0) is 9.68. The van der Waals surface area contributed by atoms with Gasteiger partial charge in [0.1, 0.15) is 0 Å². The van der Waals surface area contributed by atoms with Crippen molar-refractivity contribution >= 4 is 5.97 Å². The summed E-state index contributed by atoms with van der Waals surface area (Å²) in [7, 11) is 0. The minimum atomic E-state index is -0.929. The molecule has 1 atom stereocenters. The van der Waals surface area contributed by atoms with E-state index in [1.165, 1.54) is 0 Å². The fraction of sp³-hybridized carbons (Fsp3) is 0.750. The average Bonchev–Trinajstić information content (AvgIpc) is 2.15. The number of aliphatic carboxylic acids is 1. The van der Waals surface area contributed by atoms with E-state index in [0.717, 1.165) is 0 Å². The third-order valence-electron chi connectivity index (χ3n) is 1.97. The highest BCUT2D eigenvalue weighted by Crippen LogP contribution is 2.05. The Morgan fingerprint density at radius 3 is 3.15 bits per heavy atom. The average molecular weight is 184 g/mol. The van der Waals surface area contributed by atoms with Crippen molar-refractivity contribution in [3.05, 3.63) is 0 Å². The summed E-state index contributed by atoms with van der Waals surface area (Å²) in [6.07, 6.45) is -0.292. The SMILES string of the molecule is N#CCCN1CCOC(C(=O)O)C1. The molecule has 5 heteroatoms. The van der Waals surface area contributed by atoms with Crippen LogP contribution in [0.5, 0.6) is 0 Å². The summed E-state index contributed by atoms with van der Waals surface area (Å²) in [5.41, 5.74) is 0. The molecule has 13 heavy (non-hydrogen) atoms. The monoisotopic (exact) mass is 184 g/mol. The first-order chi connectivity index (χ1) is 6.24.